The van der Waals surface area contributed by atoms with Gasteiger partial charge < -0.3 is 40.2 Å². The Labute approximate surface area is 405 Å². The van der Waals surface area contributed by atoms with Crippen molar-refractivity contribution < 1.29 is 38.1 Å². The molecule has 368 valence electrons. The zero-order valence-electron chi connectivity index (χ0n) is 37.6. The molecule has 4 aromatic carbocycles. The Balaban J connectivity index is -0.0000000929. The summed E-state index contributed by atoms with van der Waals surface area (Å²) >= 11 is 0. The van der Waals surface area contributed by atoms with E-state index in [1.807, 2.05) is 146 Å². The molecule has 16 heteroatoms. The normalized spacial score (nSPS) is 8.12. The van der Waals surface area contributed by atoms with E-state index in [-0.39, 0.29) is 67.5 Å². The second-order valence-corrected chi connectivity index (χ2v) is 11.9. The molecule has 0 atom stereocenters. The molecule has 0 unspecified atom stereocenters. The number of nitrogens with one attached hydrogen (secondary N) is 4. The standard InChI is InChI=1S/4C6H13NO2.4C6H6.4H4Si/c4*1-6(8)7-4-3-5-9-2;4*1-2-4-6-5-3-1;;;;/h4*3-5H2,1-2H3,(H,7,8);4*1-6H;4*1H4. The molecule has 0 aliphatic rings. The van der Waals surface area contributed by atoms with Crippen molar-refractivity contribution in [2.75, 3.05) is 81.0 Å². The zero-order valence-corrected chi connectivity index (χ0v) is 37.6. The Bertz CT molecular complexity index is 1080. The maximum Gasteiger partial charge on any atom is 0.216 e. The van der Waals surface area contributed by atoms with E-state index in [1.54, 1.807) is 28.4 Å². The average molecular weight is 966 g/mol. The summed E-state index contributed by atoms with van der Waals surface area (Å²) in [5.74, 6) is 0.0782. The molecule has 64 heavy (non-hydrogen) atoms. The Morgan fingerprint density at radius 1 is 0.281 bits per heavy atom. The fourth-order valence-corrected chi connectivity index (χ4v) is 3.46. The lowest BCUT2D eigenvalue weighted by Gasteiger charge is -1.98. The first-order valence-corrected chi connectivity index (χ1v) is 20.0. The maximum absolute atomic E-state index is 10.3. The molecule has 12 nitrogen and oxygen atoms in total. The minimum Gasteiger partial charge on any atom is -0.385 e. The summed E-state index contributed by atoms with van der Waals surface area (Å²) < 4.78 is 19.1. The van der Waals surface area contributed by atoms with Crippen molar-refractivity contribution in [3.63, 3.8) is 0 Å². The van der Waals surface area contributed by atoms with Gasteiger partial charge in [-0.1, -0.05) is 146 Å². The van der Waals surface area contributed by atoms with Crippen LogP contribution < -0.4 is 21.3 Å². The minimum absolute atomic E-state index is 0. The van der Waals surface area contributed by atoms with E-state index in [0.717, 1.165) is 25.7 Å². The number of methoxy groups -OCH3 is 4. The Morgan fingerprint density at radius 2 is 0.391 bits per heavy atom. The molecular weight excluding hydrogens is 873 g/mol. The van der Waals surface area contributed by atoms with Crippen molar-refractivity contribution in [1.82, 2.24) is 21.3 Å². The van der Waals surface area contributed by atoms with Crippen LogP contribution in [-0.2, 0) is 38.1 Å². The Hall–Kier alpha value is -4.53. The summed E-state index contributed by atoms with van der Waals surface area (Å²) in [6.45, 7) is 11.7. The largest absolute Gasteiger partial charge is 0.385 e. The molecule has 0 saturated carbocycles. The van der Waals surface area contributed by atoms with Gasteiger partial charge in [0, 0.05) is 109 Å². The first-order chi connectivity index (χ1) is 29.1. The summed E-state index contributed by atoms with van der Waals surface area (Å²) in [4.78, 5) is 41.0. The SMILES string of the molecule is COCCCNC(C)=O.COCCCNC(C)=O.COCCCNC(C)=O.COCCCNC(C)=O.[SiH4].[SiH4].[SiH4].[SiH4].c1ccccc1.c1ccccc1.c1ccccc1.c1ccccc1. The van der Waals surface area contributed by atoms with Gasteiger partial charge in [-0.05, 0) is 69.5 Å². The van der Waals surface area contributed by atoms with E-state index in [1.165, 1.54) is 27.7 Å². The van der Waals surface area contributed by atoms with Gasteiger partial charge in [-0.25, -0.2) is 0 Å². The van der Waals surface area contributed by atoms with Crippen LogP contribution in [-0.4, -0.2) is 149 Å². The molecule has 0 spiro atoms. The highest BCUT2D eigenvalue weighted by atomic mass is 28.1. The highest BCUT2D eigenvalue weighted by Gasteiger charge is 1.90. The molecule has 0 saturated heterocycles. The van der Waals surface area contributed by atoms with Crippen molar-refractivity contribution >= 4 is 67.5 Å². The van der Waals surface area contributed by atoms with E-state index >= 15 is 0 Å². The average Bonchev–Trinajstić information content (AvgIpc) is 3.28. The highest BCUT2D eigenvalue weighted by molar-refractivity contribution is 5.76. The van der Waals surface area contributed by atoms with Gasteiger partial charge in [0.25, 0.3) is 0 Å². The topological polar surface area (TPSA) is 153 Å². The third-order valence-corrected chi connectivity index (χ3v) is 6.26. The van der Waals surface area contributed by atoms with Crippen molar-refractivity contribution in [2.24, 2.45) is 0 Å². The van der Waals surface area contributed by atoms with Crippen LogP contribution in [0, 0.1) is 0 Å². The van der Waals surface area contributed by atoms with Crippen LogP contribution in [0.3, 0.4) is 0 Å². The number of hydrogen-bond donors (Lipinski definition) is 4. The number of carbonyl (C=O) groups is 4. The van der Waals surface area contributed by atoms with Crippen LogP contribution >= 0.6 is 0 Å². The van der Waals surface area contributed by atoms with Crippen LogP contribution in [0.1, 0.15) is 53.4 Å². The lowest BCUT2D eigenvalue weighted by Crippen LogP contribution is -2.21. The van der Waals surface area contributed by atoms with Crippen LogP contribution in [0.2, 0.25) is 0 Å². The summed E-state index contributed by atoms with van der Waals surface area (Å²) in [7, 11) is 6.59. The Kier molecular flexibility index (Phi) is 87.4. The molecule has 0 fully saturated rings. The number of hydrogen-bond acceptors (Lipinski definition) is 8. The molecule has 4 N–H and O–H groups in total. The summed E-state index contributed by atoms with van der Waals surface area (Å²) in [5.41, 5.74) is 0. The molecule has 0 bridgehead atoms. The van der Waals surface area contributed by atoms with E-state index in [9.17, 15) is 19.2 Å². The number of amides is 4. The van der Waals surface area contributed by atoms with Gasteiger partial charge in [0.15, 0.2) is 0 Å². The summed E-state index contributed by atoms with van der Waals surface area (Å²) in [5, 5.41) is 10.6. The molecule has 0 radical (unpaired) electrons. The highest BCUT2D eigenvalue weighted by Crippen LogP contribution is 1.83. The van der Waals surface area contributed by atoms with Gasteiger partial charge >= 0.3 is 0 Å². The van der Waals surface area contributed by atoms with E-state index < -0.39 is 0 Å². The van der Waals surface area contributed by atoms with Gasteiger partial charge in [0.1, 0.15) is 0 Å². The van der Waals surface area contributed by atoms with E-state index in [2.05, 4.69) is 21.3 Å². The van der Waals surface area contributed by atoms with Crippen LogP contribution in [0.25, 0.3) is 0 Å². The first kappa shape index (κ1) is 76.7. The van der Waals surface area contributed by atoms with Gasteiger partial charge in [0.05, 0.1) is 0 Å². The van der Waals surface area contributed by atoms with Gasteiger partial charge in [0.2, 0.25) is 23.6 Å². The second kappa shape index (κ2) is 72.9. The smallest absolute Gasteiger partial charge is 0.216 e. The van der Waals surface area contributed by atoms with Crippen LogP contribution in [0.4, 0.5) is 0 Å². The van der Waals surface area contributed by atoms with E-state index in [0.29, 0.717) is 52.6 Å². The zero-order chi connectivity index (χ0) is 45.4. The van der Waals surface area contributed by atoms with Crippen molar-refractivity contribution in [2.45, 2.75) is 53.4 Å². The Morgan fingerprint density at radius 3 is 0.469 bits per heavy atom. The summed E-state index contributed by atoms with van der Waals surface area (Å²) in [6, 6.07) is 48.0. The monoisotopic (exact) mass is 965 g/mol. The van der Waals surface area contributed by atoms with Crippen LogP contribution in [0.15, 0.2) is 146 Å². The molecule has 0 heterocycles. The quantitative estimate of drug-likeness (QED) is 0.0977. The lowest BCUT2D eigenvalue weighted by molar-refractivity contribution is -0.119. The lowest BCUT2D eigenvalue weighted by atomic mass is 10.4. The molecule has 0 aromatic heterocycles. The predicted octanol–water partition coefficient (Wildman–Crippen LogP) is 1.58. The van der Waals surface area contributed by atoms with Crippen molar-refractivity contribution in [3.05, 3.63) is 146 Å². The molecule has 4 amide bonds. The molecular formula is C48H92N4O8Si4. The third-order valence-electron chi connectivity index (χ3n) is 6.26. The third kappa shape index (κ3) is 97.0. The van der Waals surface area contributed by atoms with Gasteiger partial charge in [-0.15, -0.1) is 0 Å². The molecule has 0 aliphatic carbocycles. The maximum atomic E-state index is 10.3. The van der Waals surface area contributed by atoms with Gasteiger partial charge in [-0.3, -0.25) is 19.2 Å². The number of rotatable bonds is 16. The molecule has 4 aromatic rings. The predicted molar refractivity (Wildman–Crippen MR) is 292 cm³/mol. The van der Waals surface area contributed by atoms with E-state index in [4.69, 9.17) is 18.9 Å². The minimum atomic E-state index is 0. The van der Waals surface area contributed by atoms with Crippen LogP contribution in [0.5, 0.6) is 0 Å². The molecule has 4 rings (SSSR count). The second-order valence-electron chi connectivity index (χ2n) is 11.9. The molecule has 0 aliphatic heterocycles. The first-order valence-electron chi connectivity index (χ1n) is 20.0. The number of ether oxygens (including phenoxy) is 4. The number of carbonyl (C=O) groups excluding carboxylic acids is 4. The van der Waals surface area contributed by atoms with Crippen molar-refractivity contribution in [1.29, 1.82) is 0 Å². The fourth-order valence-electron chi connectivity index (χ4n) is 3.46. The summed E-state index contributed by atoms with van der Waals surface area (Å²) in [6.07, 6.45) is 3.54. The van der Waals surface area contributed by atoms with Gasteiger partial charge in [-0.2, -0.15) is 0 Å². The fraction of sp³-hybridized carbons (Fsp3) is 0.417. The van der Waals surface area contributed by atoms with Crippen molar-refractivity contribution in [3.8, 4) is 0 Å². The number of benzene rings is 4.